The van der Waals surface area contributed by atoms with E-state index in [1.165, 1.54) is 0 Å². The quantitative estimate of drug-likeness (QED) is 0.789. The summed E-state index contributed by atoms with van der Waals surface area (Å²) in [6.45, 7) is 5.50. The first-order valence-electron chi connectivity index (χ1n) is 7.16. The Labute approximate surface area is 115 Å². The molecule has 19 heavy (non-hydrogen) atoms. The maximum Gasteiger partial charge on any atom is 0.247 e. The normalized spacial score (nSPS) is 30.8. The Balaban J connectivity index is 2.17. The summed E-state index contributed by atoms with van der Waals surface area (Å²) in [7, 11) is 1.80. The zero-order chi connectivity index (χ0) is 14.2. The lowest BCUT2D eigenvalue weighted by molar-refractivity contribution is -0.160. The van der Waals surface area contributed by atoms with E-state index in [1.54, 1.807) is 16.8 Å². The van der Waals surface area contributed by atoms with Crippen LogP contribution in [0.5, 0.6) is 0 Å². The van der Waals surface area contributed by atoms with Crippen LogP contribution in [0.4, 0.5) is 0 Å². The summed E-state index contributed by atoms with van der Waals surface area (Å²) in [5.41, 5.74) is 5.03. The van der Waals surface area contributed by atoms with Crippen molar-refractivity contribution in [2.75, 3.05) is 26.7 Å². The molecule has 2 rings (SSSR count). The van der Waals surface area contributed by atoms with Crippen molar-refractivity contribution >= 4 is 11.8 Å². The molecule has 0 aromatic carbocycles. The highest BCUT2D eigenvalue weighted by Crippen LogP contribution is 2.35. The number of hydrogen-bond donors (Lipinski definition) is 1. The van der Waals surface area contributed by atoms with Crippen molar-refractivity contribution in [3.8, 4) is 0 Å². The second kappa shape index (κ2) is 5.12. The molecule has 0 bridgehead atoms. The Morgan fingerprint density at radius 3 is 2.68 bits per heavy atom. The third-order valence-electron chi connectivity index (χ3n) is 4.75. The topological polar surface area (TPSA) is 66.6 Å². The maximum atomic E-state index is 12.7. The molecule has 0 aromatic heterocycles. The molecule has 1 heterocycles. The first kappa shape index (κ1) is 14.3. The van der Waals surface area contributed by atoms with Gasteiger partial charge >= 0.3 is 0 Å². The van der Waals surface area contributed by atoms with E-state index in [0.29, 0.717) is 19.6 Å². The van der Waals surface area contributed by atoms with Crippen molar-refractivity contribution in [3.05, 3.63) is 0 Å². The molecule has 1 aliphatic carbocycles. The average molecular weight is 267 g/mol. The van der Waals surface area contributed by atoms with Crippen LogP contribution >= 0.6 is 0 Å². The molecule has 5 heteroatoms. The van der Waals surface area contributed by atoms with Gasteiger partial charge in [-0.3, -0.25) is 9.59 Å². The van der Waals surface area contributed by atoms with Gasteiger partial charge in [0.05, 0.1) is 0 Å². The average Bonchev–Trinajstić information content (AvgIpc) is 2.83. The summed E-state index contributed by atoms with van der Waals surface area (Å²) in [5.74, 6) is 0.451. The van der Waals surface area contributed by atoms with Crippen LogP contribution in [0.2, 0.25) is 0 Å². The number of carbonyl (C=O) groups excluding carboxylic acids is 2. The molecule has 2 N–H and O–H groups in total. The molecule has 2 atom stereocenters. The Bertz CT molecular complexity index is 381. The van der Waals surface area contributed by atoms with Gasteiger partial charge in [0.1, 0.15) is 5.54 Å². The van der Waals surface area contributed by atoms with Crippen LogP contribution in [-0.2, 0) is 9.59 Å². The third kappa shape index (κ3) is 2.36. The standard InChI is InChI=1S/C14H25N3O2/c1-14(2)13(19)16(3)7-8-17(14)12(18)11-6-4-5-10(11)9-15/h10-11H,4-9,15H2,1-3H3/t10-,11-/m1/s1. The second-order valence-corrected chi connectivity index (χ2v) is 6.31. The van der Waals surface area contributed by atoms with Crippen molar-refractivity contribution in [3.63, 3.8) is 0 Å². The zero-order valence-electron chi connectivity index (χ0n) is 12.2. The smallest absolute Gasteiger partial charge is 0.247 e. The Hall–Kier alpha value is -1.10. The van der Waals surface area contributed by atoms with Crippen LogP contribution in [0.15, 0.2) is 0 Å². The van der Waals surface area contributed by atoms with E-state index in [-0.39, 0.29) is 23.7 Å². The summed E-state index contributed by atoms with van der Waals surface area (Å²) in [5, 5.41) is 0. The molecule has 0 radical (unpaired) electrons. The molecule has 108 valence electrons. The van der Waals surface area contributed by atoms with Crippen molar-refractivity contribution < 1.29 is 9.59 Å². The van der Waals surface area contributed by atoms with E-state index >= 15 is 0 Å². The lowest BCUT2D eigenvalue weighted by atomic mass is 9.90. The first-order chi connectivity index (χ1) is 8.89. The summed E-state index contributed by atoms with van der Waals surface area (Å²) < 4.78 is 0. The Kier molecular flexibility index (Phi) is 3.85. The number of likely N-dealkylation sites (N-methyl/N-ethyl adjacent to an activating group) is 1. The van der Waals surface area contributed by atoms with Gasteiger partial charge in [0, 0.05) is 26.1 Å². The van der Waals surface area contributed by atoms with Crippen LogP contribution < -0.4 is 5.73 Å². The lowest BCUT2D eigenvalue weighted by Crippen LogP contribution is -2.64. The fourth-order valence-electron chi connectivity index (χ4n) is 3.44. The molecule has 5 nitrogen and oxygen atoms in total. The van der Waals surface area contributed by atoms with Gasteiger partial charge in [-0.15, -0.1) is 0 Å². The van der Waals surface area contributed by atoms with Gasteiger partial charge in [0.25, 0.3) is 0 Å². The van der Waals surface area contributed by atoms with Crippen molar-refractivity contribution in [1.82, 2.24) is 9.80 Å². The summed E-state index contributed by atoms with van der Waals surface area (Å²) in [6, 6.07) is 0. The minimum Gasteiger partial charge on any atom is -0.342 e. The number of nitrogens with zero attached hydrogens (tertiary/aromatic N) is 2. The number of piperazine rings is 1. The van der Waals surface area contributed by atoms with E-state index in [2.05, 4.69) is 0 Å². The van der Waals surface area contributed by atoms with Crippen LogP contribution in [0.1, 0.15) is 33.1 Å². The fourth-order valence-corrected chi connectivity index (χ4v) is 3.44. The van der Waals surface area contributed by atoms with E-state index in [9.17, 15) is 9.59 Å². The van der Waals surface area contributed by atoms with Gasteiger partial charge in [-0.25, -0.2) is 0 Å². The number of carbonyl (C=O) groups is 2. The molecule has 2 amide bonds. The SMILES string of the molecule is CN1CCN(C(=O)[C@@H]2CCC[C@@H]2CN)C(C)(C)C1=O. The Morgan fingerprint density at radius 1 is 1.37 bits per heavy atom. The van der Waals surface area contributed by atoms with E-state index in [4.69, 9.17) is 5.73 Å². The van der Waals surface area contributed by atoms with Gasteiger partial charge in [-0.05, 0) is 39.2 Å². The predicted octanol–water partition coefficient (Wildman–Crippen LogP) is 0.441. The van der Waals surface area contributed by atoms with Crippen molar-refractivity contribution in [2.45, 2.75) is 38.6 Å². The Morgan fingerprint density at radius 2 is 2.05 bits per heavy atom. The molecule has 2 fully saturated rings. The first-order valence-corrected chi connectivity index (χ1v) is 7.16. The molecule has 1 saturated carbocycles. The van der Waals surface area contributed by atoms with Crippen molar-refractivity contribution in [1.29, 1.82) is 0 Å². The van der Waals surface area contributed by atoms with Gasteiger partial charge in [-0.1, -0.05) is 6.42 Å². The summed E-state index contributed by atoms with van der Waals surface area (Å²) in [4.78, 5) is 28.5. The van der Waals surface area contributed by atoms with Gasteiger partial charge < -0.3 is 15.5 Å². The minimum atomic E-state index is -0.730. The molecule has 1 aliphatic heterocycles. The van der Waals surface area contributed by atoms with E-state index in [1.807, 2.05) is 13.8 Å². The number of rotatable bonds is 2. The third-order valence-corrected chi connectivity index (χ3v) is 4.75. The molecule has 0 unspecified atom stereocenters. The zero-order valence-corrected chi connectivity index (χ0v) is 12.2. The van der Waals surface area contributed by atoms with Crippen molar-refractivity contribution in [2.24, 2.45) is 17.6 Å². The molecule has 0 aromatic rings. The van der Waals surface area contributed by atoms with Crippen LogP contribution in [0.3, 0.4) is 0 Å². The van der Waals surface area contributed by atoms with Gasteiger partial charge in [0.2, 0.25) is 11.8 Å². The minimum absolute atomic E-state index is 0.0143. The fraction of sp³-hybridized carbons (Fsp3) is 0.857. The number of hydrogen-bond acceptors (Lipinski definition) is 3. The van der Waals surface area contributed by atoms with E-state index in [0.717, 1.165) is 19.3 Å². The second-order valence-electron chi connectivity index (χ2n) is 6.31. The highest BCUT2D eigenvalue weighted by molar-refractivity contribution is 5.92. The van der Waals surface area contributed by atoms with Crippen LogP contribution in [0.25, 0.3) is 0 Å². The molecule has 2 aliphatic rings. The van der Waals surface area contributed by atoms with Gasteiger partial charge in [-0.2, -0.15) is 0 Å². The predicted molar refractivity (Wildman–Crippen MR) is 73.3 cm³/mol. The van der Waals surface area contributed by atoms with Gasteiger partial charge in [0.15, 0.2) is 0 Å². The molecule has 1 saturated heterocycles. The summed E-state index contributed by atoms with van der Waals surface area (Å²) in [6.07, 6.45) is 3.02. The highest BCUT2D eigenvalue weighted by atomic mass is 16.2. The molecular weight excluding hydrogens is 242 g/mol. The van der Waals surface area contributed by atoms with E-state index < -0.39 is 5.54 Å². The monoisotopic (exact) mass is 267 g/mol. The highest BCUT2D eigenvalue weighted by Gasteiger charge is 2.46. The number of nitrogens with two attached hydrogens (primary N) is 1. The largest absolute Gasteiger partial charge is 0.342 e. The van der Waals surface area contributed by atoms with Crippen LogP contribution in [-0.4, -0.2) is 53.8 Å². The van der Waals surface area contributed by atoms with Crippen LogP contribution in [0, 0.1) is 11.8 Å². The molecule has 0 spiro atoms. The maximum absolute atomic E-state index is 12.7. The summed E-state index contributed by atoms with van der Waals surface area (Å²) >= 11 is 0. The lowest BCUT2D eigenvalue weighted by Gasteiger charge is -2.46. The number of amides is 2. The molecular formula is C14H25N3O2.